The van der Waals surface area contributed by atoms with Gasteiger partial charge in [-0.05, 0) is 25.0 Å². The fraction of sp³-hybridized carbons (Fsp3) is 0.692. The molecule has 1 fully saturated rings. The fourth-order valence-electron chi connectivity index (χ4n) is 2.57. The van der Waals surface area contributed by atoms with Gasteiger partial charge >= 0.3 is 0 Å². The van der Waals surface area contributed by atoms with Gasteiger partial charge in [-0.15, -0.1) is 5.10 Å². The maximum atomic E-state index is 9.20. The Bertz CT molecular complexity index is 350. The van der Waals surface area contributed by atoms with Crippen molar-refractivity contribution < 1.29 is 10.2 Å². The van der Waals surface area contributed by atoms with Crippen LogP contribution in [0.2, 0.25) is 0 Å². The third-order valence-electron chi connectivity index (χ3n) is 3.52. The molecule has 0 spiro atoms. The second-order valence-corrected chi connectivity index (χ2v) is 4.75. The van der Waals surface area contributed by atoms with Crippen LogP contribution in [-0.2, 0) is 6.61 Å². The highest BCUT2D eigenvalue weighted by Gasteiger charge is 2.22. The van der Waals surface area contributed by atoms with Crippen LogP contribution in [0.3, 0.4) is 0 Å². The first kappa shape index (κ1) is 13.2. The summed E-state index contributed by atoms with van der Waals surface area (Å²) < 4.78 is 0. The molecular formula is C13H21N3O2. The van der Waals surface area contributed by atoms with Crippen LogP contribution in [0.4, 0.5) is 5.82 Å². The quantitative estimate of drug-likeness (QED) is 0.820. The number of aliphatic hydroxyl groups is 2. The molecule has 18 heavy (non-hydrogen) atoms. The van der Waals surface area contributed by atoms with Gasteiger partial charge in [0.1, 0.15) is 0 Å². The number of aliphatic hydroxyl groups excluding tert-OH is 2. The molecule has 1 aliphatic rings. The van der Waals surface area contributed by atoms with Gasteiger partial charge in [0.05, 0.1) is 18.9 Å². The predicted octanol–water partition coefficient (Wildman–Crippen LogP) is 1.10. The largest absolute Gasteiger partial charge is 0.395 e. The molecule has 1 aromatic heterocycles. The maximum absolute atomic E-state index is 9.20. The molecular weight excluding hydrogens is 230 g/mol. The lowest BCUT2D eigenvalue weighted by atomic mass is 9.94. The zero-order valence-electron chi connectivity index (χ0n) is 10.6. The van der Waals surface area contributed by atoms with Crippen LogP contribution >= 0.6 is 0 Å². The number of hydrogen-bond acceptors (Lipinski definition) is 5. The van der Waals surface area contributed by atoms with E-state index < -0.39 is 0 Å². The van der Waals surface area contributed by atoms with Gasteiger partial charge in [-0.25, -0.2) is 0 Å². The first-order chi connectivity index (χ1) is 8.85. The molecule has 100 valence electrons. The van der Waals surface area contributed by atoms with E-state index in [0.29, 0.717) is 18.3 Å². The highest BCUT2D eigenvalue weighted by atomic mass is 16.3. The molecule has 1 heterocycles. The van der Waals surface area contributed by atoms with Gasteiger partial charge in [0.15, 0.2) is 5.82 Å². The summed E-state index contributed by atoms with van der Waals surface area (Å²) in [6, 6.07) is 4.12. The topological polar surface area (TPSA) is 69.5 Å². The summed E-state index contributed by atoms with van der Waals surface area (Å²) in [4.78, 5) is 2.15. The van der Waals surface area contributed by atoms with Crippen molar-refractivity contribution in [2.75, 3.05) is 18.1 Å². The van der Waals surface area contributed by atoms with E-state index in [-0.39, 0.29) is 13.2 Å². The lowest BCUT2D eigenvalue weighted by Gasteiger charge is -2.34. The van der Waals surface area contributed by atoms with Crippen molar-refractivity contribution in [3.63, 3.8) is 0 Å². The average Bonchev–Trinajstić information content (AvgIpc) is 2.46. The van der Waals surface area contributed by atoms with Crippen molar-refractivity contribution in [1.82, 2.24) is 10.2 Å². The minimum Gasteiger partial charge on any atom is -0.395 e. The Labute approximate surface area is 107 Å². The van der Waals surface area contributed by atoms with Crippen molar-refractivity contribution in [1.29, 1.82) is 0 Å². The predicted molar refractivity (Wildman–Crippen MR) is 69.3 cm³/mol. The normalized spacial score (nSPS) is 16.8. The second kappa shape index (κ2) is 6.66. The number of hydrogen-bond donors (Lipinski definition) is 2. The van der Waals surface area contributed by atoms with Gasteiger partial charge in [0.25, 0.3) is 0 Å². The Morgan fingerprint density at radius 2 is 1.89 bits per heavy atom. The summed E-state index contributed by atoms with van der Waals surface area (Å²) >= 11 is 0. The third-order valence-corrected chi connectivity index (χ3v) is 3.52. The molecule has 1 saturated carbocycles. The van der Waals surface area contributed by atoms with Crippen LogP contribution in [0.15, 0.2) is 12.1 Å². The van der Waals surface area contributed by atoms with E-state index >= 15 is 0 Å². The average molecular weight is 251 g/mol. The molecule has 0 atom stereocenters. The molecule has 0 radical (unpaired) electrons. The van der Waals surface area contributed by atoms with Crippen molar-refractivity contribution in [2.24, 2.45) is 0 Å². The molecule has 0 aliphatic heterocycles. The molecule has 0 saturated heterocycles. The Hall–Kier alpha value is -1.20. The van der Waals surface area contributed by atoms with Crippen LogP contribution in [-0.4, -0.2) is 39.6 Å². The lowest BCUT2D eigenvalue weighted by molar-refractivity contribution is 0.275. The zero-order valence-corrected chi connectivity index (χ0v) is 10.6. The molecule has 2 rings (SSSR count). The summed E-state index contributed by atoms with van der Waals surface area (Å²) in [6.07, 6.45) is 6.11. The van der Waals surface area contributed by atoms with Gasteiger partial charge in [-0.2, -0.15) is 5.10 Å². The van der Waals surface area contributed by atoms with Crippen LogP contribution in [0.5, 0.6) is 0 Å². The van der Waals surface area contributed by atoms with Crippen molar-refractivity contribution >= 4 is 5.82 Å². The summed E-state index contributed by atoms with van der Waals surface area (Å²) in [6.45, 7) is 0.633. The molecule has 0 bridgehead atoms. The van der Waals surface area contributed by atoms with Gasteiger partial charge in [0, 0.05) is 12.6 Å². The highest BCUT2D eigenvalue weighted by Crippen LogP contribution is 2.25. The second-order valence-electron chi connectivity index (χ2n) is 4.75. The Morgan fingerprint density at radius 1 is 1.11 bits per heavy atom. The van der Waals surface area contributed by atoms with E-state index in [9.17, 15) is 5.11 Å². The molecule has 0 amide bonds. The minimum absolute atomic E-state index is 0.0866. The number of rotatable bonds is 5. The molecule has 1 aromatic rings. The number of nitrogens with zero attached hydrogens (tertiary/aromatic N) is 3. The van der Waals surface area contributed by atoms with Gasteiger partial charge in [-0.3, -0.25) is 0 Å². The monoisotopic (exact) mass is 251 g/mol. The van der Waals surface area contributed by atoms with Gasteiger partial charge in [-0.1, -0.05) is 19.3 Å². The molecule has 5 heteroatoms. The molecule has 1 aliphatic carbocycles. The number of anilines is 1. The van der Waals surface area contributed by atoms with Crippen molar-refractivity contribution in [3.8, 4) is 0 Å². The van der Waals surface area contributed by atoms with E-state index in [1.54, 1.807) is 6.07 Å². The van der Waals surface area contributed by atoms with E-state index in [4.69, 9.17) is 5.11 Å². The van der Waals surface area contributed by atoms with Crippen LogP contribution in [0.25, 0.3) is 0 Å². The van der Waals surface area contributed by atoms with E-state index in [1.165, 1.54) is 19.3 Å². The summed E-state index contributed by atoms with van der Waals surface area (Å²) in [5.74, 6) is 0.799. The first-order valence-corrected chi connectivity index (χ1v) is 6.66. The summed E-state index contributed by atoms with van der Waals surface area (Å²) in [5.41, 5.74) is 0.575. The standard InChI is InChI=1S/C13H21N3O2/c17-9-8-16(12-4-2-1-3-5-12)13-7-6-11(10-18)14-15-13/h6-7,12,17-18H,1-5,8-10H2. The van der Waals surface area contributed by atoms with Crippen molar-refractivity contribution in [3.05, 3.63) is 17.8 Å². The third kappa shape index (κ3) is 3.17. The maximum Gasteiger partial charge on any atom is 0.151 e. The Morgan fingerprint density at radius 3 is 2.44 bits per heavy atom. The van der Waals surface area contributed by atoms with E-state index in [1.807, 2.05) is 6.07 Å². The van der Waals surface area contributed by atoms with Gasteiger partial charge < -0.3 is 15.1 Å². The SMILES string of the molecule is OCCN(c1ccc(CO)nn1)C1CCCCC1. The summed E-state index contributed by atoms with van der Waals surface area (Å²) in [7, 11) is 0. The molecule has 2 N–H and O–H groups in total. The molecule has 0 unspecified atom stereocenters. The number of aromatic nitrogens is 2. The van der Waals surface area contributed by atoms with E-state index in [0.717, 1.165) is 18.7 Å². The zero-order chi connectivity index (χ0) is 12.8. The smallest absolute Gasteiger partial charge is 0.151 e. The van der Waals surface area contributed by atoms with Crippen LogP contribution < -0.4 is 4.90 Å². The van der Waals surface area contributed by atoms with Crippen LogP contribution in [0.1, 0.15) is 37.8 Å². The lowest BCUT2D eigenvalue weighted by Crippen LogP contribution is -2.39. The van der Waals surface area contributed by atoms with E-state index in [2.05, 4.69) is 15.1 Å². The Kier molecular flexibility index (Phi) is 4.90. The van der Waals surface area contributed by atoms with Crippen molar-refractivity contribution in [2.45, 2.75) is 44.8 Å². The molecule has 0 aromatic carbocycles. The Balaban J connectivity index is 2.11. The first-order valence-electron chi connectivity index (χ1n) is 6.66. The van der Waals surface area contributed by atoms with Crippen LogP contribution in [0, 0.1) is 0 Å². The fourth-order valence-corrected chi connectivity index (χ4v) is 2.57. The minimum atomic E-state index is -0.0866. The molecule has 5 nitrogen and oxygen atoms in total. The van der Waals surface area contributed by atoms with Gasteiger partial charge in [0.2, 0.25) is 0 Å². The highest BCUT2D eigenvalue weighted by molar-refractivity contribution is 5.38. The summed E-state index contributed by atoms with van der Waals surface area (Å²) in [5, 5.41) is 26.3.